The Labute approximate surface area is 213 Å². The maximum absolute atomic E-state index is 13.4. The predicted molar refractivity (Wildman–Crippen MR) is 142 cm³/mol. The summed E-state index contributed by atoms with van der Waals surface area (Å²) in [6.07, 6.45) is 4.12. The summed E-state index contributed by atoms with van der Waals surface area (Å²) in [6, 6.07) is 25.0. The van der Waals surface area contributed by atoms with Gasteiger partial charge in [0.1, 0.15) is 0 Å². The highest BCUT2D eigenvalue weighted by molar-refractivity contribution is 5.98. The van der Waals surface area contributed by atoms with E-state index in [9.17, 15) is 9.59 Å². The first-order chi connectivity index (χ1) is 17.7. The van der Waals surface area contributed by atoms with Gasteiger partial charge in [-0.15, -0.1) is 0 Å². The van der Waals surface area contributed by atoms with E-state index in [2.05, 4.69) is 46.2 Å². The third-order valence-corrected chi connectivity index (χ3v) is 8.01. The third-order valence-electron chi connectivity index (χ3n) is 8.01. The summed E-state index contributed by atoms with van der Waals surface area (Å²) in [6.45, 7) is 5.43. The molecule has 0 aromatic heterocycles. The molecular weight excluding hydrogens is 446 g/mol. The molecule has 3 aliphatic rings. The second-order valence-electron chi connectivity index (χ2n) is 10.4. The van der Waals surface area contributed by atoms with Crippen molar-refractivity contribution in [1.82, 2.24) is 14.7 Å². The maximum Gasteiger partial charge on any atom is 0.254 e. The lowest BCUT2D eigenvalue weighted by Gasteiger charge is -2.34. The Morgan fingerprint density at radius 1 is 0.833 bits per heavy atom. The molecular formula is C31H33N3O2. The largest absolute Gasteiger partial charge is 0.339 e. The van der Waals surface area contributed by atoms with Crippen LogP contribution in [0.3, 0.4) is 0 Å². The maximum atomic E-state index is 13.4. The van der Waals surface area contributed by atoms with Gasteiger partial charge < -0.3 is 9.80 Å². The Hall–Kier alpha value is -3.44. The zero-order valence-corrected chi connectivity index (χ0v) is 20.7. The van der Waals surface area contributed by atoms with Crippen LogP contribution in [-0.4, -0.2) is 65.3 Å². The number of hydrogen-bond acceptors (Lipinski definition) is 3. The number of fused-ring (bicyclic) bond motifs is 1. The van der Waals surface area contributed by atoms with Crippen LogP contribution in [0.5, 0.6) is 0 Å². The second-order valence-corrected chi connectivity index (χ2v) is 10.4. The lowest BCUT2D eigenvalue weighted by Crippen LogP contribution is -2.45. The first-order valence-electron chi connectivity index (χ1n) is 13.3. The van der Waals surface area contributed by atoms with E-state index in [1.165, 1.54) is 5.56 Å². The first kappa shape index (κ1) is 23.0. The minimum atomic E-state index is 0.129. The van der Waals surface area contributed by atoms with Crippen LogP contribution < -0.4 is 0 Å². The van der Waals surface area contributed by atoms with Crippen LogP contribution in [0.2, 0.25) is 0 Å². The lowest BCUT2D eigenvalue weighted by atomic mass is 9.93. The molecule has 5 nitrogen and oxygen atoms in total. The molecule has 0 saturated carbocycles. The Kier molecular flexibility index (Phi) is 6.32. The Morgan fingerprint density at radius 3 is 2.36 bits per heavy atom. The molecule has 0 N–H and O–H groups in total. The van der Waals surface area contributed by atoms with Gasteiger partial charge in [-0.1, -0.05) is 54.6 Å². The van der Waals surface area contributed by atoms with Gasteiger partial charge in [-0.2, -0.15) is 0 Å². The second kappa shape index (κ2) is 9.90. The quantitative estimate of drug-likeness (QED) is 0.525. The van der Waals surface area contributed by atoms with E-state index < -0.39 is 0 Å². The molecule has 3 aromatic carbocycles. The molecule has 2 saturated heterocycles. The molecule has 0 bridgehead atoms. The normalized spacial score (nSPS) is 20.1. The monoisotopic (exact) mass is 479 g/mol. The molecule has 184 valence electrons. The zero-order chi connectivity index (χ0) is 24.5. The molecule has 3 heterocycles. The van der Waals surface area contributed by atoms with Gasteiger partial charge in [0, 0.05) is 56.4 Å². The van der Waals surface area contributed by atoms with E-state index in [1.807, 2.05) is 41.3 Å². The van der Waals surface area contributed by atoms with Crippen molar-refractivity contribution < 1.29 is 9.59 Å². The molecule has 6 rings (SSSR count). The predicted octanol–water partition coefficient (Wildman–Crippen LogP) is 4.86. The fourth-order valence-electron chi connectivity index (χ4n) is 5.99. The van der Waals surface area contributed by atoms with E-state index in [0.29, 0.717) is 0 Å². The molecule has 0 aliphatic carbocycles. The molecule has 3 aromatic rings. The van der Waals surface area contributed by atoms with Crippen molar-refractivity contribution in [1.29, 1.82) is 0 Å². The van der Waals surface area contributed by atoms with Crippen molar-refractivity contribution in [3.63, 3.8) is 0 Å². The van der Waals surface area contributed by atoms with E-state index in [1.54, 1.807) is 0 Å². The molecule has 3 aliphatic heterocycles. The lowest BCUT2D eigenvalue weighted by molar-refractivity contribution is 0.0663. The highest BCUT2D eigenvalue weighted by Gasteiger charge is 2.34. The Morgan fingerprint density at radius 2 is 1.58 bits per heavy atom. The molecule has 0 unspecified atom stereocenters. The molecule has 5 heteroatoms. The van der Waals surface area contributed by atoms with Crippen LogP contribution in [0.4, 0.5) is 0 Å². The van der Waals surface area contributed by atoms with Crippen LogP contribution in [0, 0.1) is 0 Å². The van der Waals surface area contributed by atoms with Gasteiger partial charge in [0.15, 0.2) is 0 Å². The summed E-state index contributed by atoms with van der Waals surface area (Å²) in [5, 5.41) is 0. The van der Waals surface area contributed by atoms with Gasteiger partial charge in [0.25, 0.3) is 11.8 Å². The summed E-state index contributed by atoms with van der Waals surface area (Å²) >= 11 is 0. The first-order valence-corrected chi connectivity index (χ1v) is 13.3. The third kappa shape index (κ3) is 4.56. The minimum Gasteiger partial charge on any atom is -0.339 e. The van der Waals surface area contributed by atoms with Crippen LogP contribution >= 0.6 is 0 Å². The molecule has 0 radical (unpaired) electrons. The van der Waals surface area contributed by atoms with Crippen molar-refractivity contribution >= 4 is 11.8 Å². The minimum absolute atomic E-state index is 0.129. The molecule has 2 fully saturated rings. The van der Waals surface area contributed by atoms with E-state index in [0.717, 1.165) is 92.8 Å². The number of amides is 2. The van der Waals surface area contributed by atoms with Crippen molar-refractivity contribution in [2.24, 2.45) is 0 Å². The van der Waals surface area contributed by atoms with Crippen LogP contribution in [0.15, 0.2) is 72.8 Å². The van der Waals surface area contributed by atoms with Gasteiger partial charge in [-0.3, -0.25) is 14.5 Å². The van der Waals surface area contributed by atoms with E-state index >= 15 is 0 Å². The summed E-state index contributed by atoms with van der Waals surface area (Å²) in [5.74, 6) is 0.297. The highest BCUT2D eigenvalue weighted by atomic mass is 16.2. The van der Waals surface area contributed by atoms with E-state index in [-0.39, 0.29) is 17.9 Å². The van der Waals surface area contributed by atoms with Gasteiger partial charge in [0.05, 0.1) is 0 Å². The number of carbonyl (C=O) groups is 2. The highest BCUT2D eigenvalue weighted by Crippen LogP contribution is 2.29. The molecule has 36 heavy (non-hydrogen) atoms. The Balaban J connectivity index is 1.12. The van der Waals surface area contributed by atoms with Gasteiger partial charge in [0.2, 0.25) is 0 Å². The average Bonchev–Trinajstić information content (AvgIpc) is 3.62. The number of benzene rings is 3. The summed E-state index contributed by atoms with van der Waals surface area (Å²) in [5.41, 5.74) is 6.23. The number of nitrogens with zero attached hydrogens (tertiary/aromatic N) is 3. The van der Waals surface area contributed by atoms with Crippen LogP contribution in [0.1, 0.15) is 51.1 Å². The topological polar surface area (TPSA) is 43.9 Å². The number of carbonyl (C=O) groups excluding carboxylic acids is 2. The number of rotatable bonds is 5. The van der Waals surface area contributed by atoms with Gasteiger partial charge >= 0.3 is 0 Å². The fraction of sp³-hybridized carbons (Fsp3) is 0.355. The van der Waals surface area contributed by atoms with Gasteiger partial charge in [-0.25, -0.2) is 0 Å². The summed E-state index contributed by atoms with van der Waals surface area (Å²) in [4.78, 5) is 32.6. The average molecular weight is 480 g/mol. The zero-order valence-electron chi connectivity index (χ0n) is 20.7. The fourth-order valence-corrected chi connectivity index (χ4v) is 5.99. The van der Waals surface area contributed by atoms with Gasteiger partial charge in [-0.05, 0) is 66.1 Å². The summed E-state index contributed by atoms with van der Waals surface area (Å²) < 4.78 is 0. The van der Waals surface area contributed by atoms with Crippen molar-refractivity contribution in [3.8, 4) is 11.1 Å². The standard InChI is InChI=1S/C31H33N3O2/c35-30(33-16-4-5-17-33)25-10-8-24(9-11-25)26-12-13-29-27(20-26)14-19-34(31(29)36)28-15-18-32(22-28)21-23-6-2-1-3-7-23/h1-3,6-13,20,28H,4-5,14-19,21-22H2/t28-/m0/s1. The van der Waals surface area contributed by atoms with E-state index in [4.69, 9.17) is 0 Å². The van der Waals surface area contributed by atoms with Crippen molar-refractivity contribution in [2.75, 3.05) is 32.7 Å². The number of likely N-dealkylation sites (tertiary alicyclic amines) is 2. The Bertz CT molecular complexity index is 1250. The SMILES string of the molecule is O=C(c1ccc(-c2ccc3c(c2)CCN([C@H]2CCN(Cc4ccccc4)C2)C3=O)cc1)N1CCCC1. The van der Waals surface area contributed by atoms with Crippen molar-refractivity contribution in [2.45, 2.75) is 38.3 Å². The van der Waals surface area contributed by atoms with Crippen LogP contribution in [0.25, 0.3) is 11.1 Å². The molecule has 0 spiro atoms. The van der Waals surface area contributed by atoms with Crippen molar-refractivity contribution in [3.05, 3.63) is 95.1 Å². The molecule has 2 amide bonds. The number of hydrogen-bond donors (Lipinski definition) is 0. The molecule has 1 atom stereocenters. The smallest absolute Gasteiger partial charge is 0.254 e. The summed E-state index contributed by atoms with van der Waals surface area (Å²) in [7, 11) is 0. The van der Waals surface area contributed by atoms with Crippen LogP contribution in [-0.2, 0) is 13.0 Å².